The largest absolute Gasteiger partial charge is 0.481 e. The van der Waals surface area contributed by atoms with Gasteiger partial charge in [0, 0.05) is 18.3 Å². The Morgan fingerprint density at radius 1 is 1.25 bits per heavy atom. The van der Waals surface area contributed by atoms with Gasteiger partial charge in [0.25, 0.3) is 0 Å². The van der Waals surface area contributed by atoms with Crippen LogP contribution in [-0.2, 0) is 14.8 Å². The van der Waals surface area contributed by atoms with Crippen molar-refractivity contribution in [2.45, 2.75) is 56.9 Å². The molecule has 0 atom stereocenters. The fourth-order valence-corrected chi connectivity index (χ4v) is 4.29. The lowest BCUT2D eigenvalue weighted by atomic mass is 9.87. The van der Waals surface area contributed by atoms with Gasteiger partial charge in [0.05, 0.1) is 10.8 Å². The molecular formula is C17H26N2O4S. The minimum atomic E-state index is -3.60. The summed E-state index contributed by atoms with van der Waals surface area (Å²) >= 11 is 0. The van der Waals surface area contributed by atoms with Gasteiger partial charge in [-0.25, -0.2) is 13.1 Å². The van der Waals surface area contributed by atoms with Gasteiger partial charge in [0.15, 0.2) is 0 Å². The number of carboxylic acids is 1. The molecule has 0 radical (unpaired) electrons. The summed E-state index contributed by atoms with van der Waals surface area (Å²) in [6.45, 7) is 4.78. The van der Waals surface area contributed by atoms with Gasteiger partial charge in [0.2, 0.25) is 10.0 Å². The molecule has 1 aromatic rings. The Balaban J connectivity index is 2.06. The smallest absolute Gasteiger partial charge is 0.306 e. The number of nitrogens with one attached hydrogen (secondary N) is 2. The highest BCUT2D eigenvalue weighted by Crippen LogP contribution is 2.26. The van der Waals surface area contributed by atoms with Crippen molar-refractivity contribution < 1.29 is 18.3 Å². The summed E-state index contributed by atoms with van der Waals surface area (Å²) in [5.41, 5.74) is 1.83. The minimum Gasteiger partial charge on any atom is -0.481 e. The zero-order valence-corrected chi connectivity index (χ0v) is 15.0. The number of benzene rings is 1. The van der Waals surface area contributed by atoms with Crippen molar-refractivity contribution >= 4 is 21.7 Å². The number of anilines is 1. The van der Waals surface area contributed by atoms with Crippen LogP contribution in [-0.4, -0.2) is 32.1 Å². The second kappa shape index (κ2) is 7.98. The Bertz CT molecular complexity index is 680. The van der Waals surface area contributed by atoms with Crippen molar-refractivity contribution in [2.24, 2.45) is 5.92 Å². The molecule has 134 valence electrons. The number of hydrogen-bond donors (Lipinski definition) is 3. The normalized spacial score (nSPS) is 21.4. The van der Waals surface area contributed by atoms with E-state index < -0.39 is 16.0 Å². The number of carboxylic acid groups (broad SMARTS) is 1. The molecule has 0 unspecified atom stereocenters. The zero-order valence-electron chi connectivity index (χ0n) is 14.2. The Morgan fingerprint density at radius 3 is 2.50 bits per heavy atom. The average Bonchev–Trinajstić information content (AvgIpc) is 2.54. The second-order valence-corrected chi connectivity index (χ2v) is 8.13. The van der Waals surface area contributed by atoms with Crippen LogP contribution in [0.25, 0.3) is 0 Å². The number of rotatable bonds is 7. The summed E-state index contributed by atoms with van der Waals surface area (Å²) in [5.74, 6) is -1.14. The molecule has 0 saturated heterocycles. The lowest BCUT2D eigenvalue weighted by molar-refractivity contribution is -0.142. The van der Waals surface area contributed by atoms with Crippen LogP contribution in [0.2, 0.25) is 0 Å². The molecule has 1 aliphatic rings. The van der Waals surface area contributed by atoms with Crippen molar-refractivity contribution in [3.05, 3.63) is 23.8 Å². The minimum absolute atomic E-state index is 0.195. The summed E-state index contributed by atoms with van der Waals surface area (Å²) in [6.07, 6.45) is 3.10. The van der Waals surface area contributed by atoms with Crippen LogP contribution in [0.3, 0.4) is 0 Å². The Labute approximate surface area is 143 Å². The SMILES string of the molecule is CCCNc1cc(S(=O)(=O)NC2CCC(C(=O)O)CC2)ccc1C. The van der Waals surface area contributed by atoms with Crippen LogP contribution >= 0.6 is 0 Å². The molecular weight excluding hydrogens is 328 g/mol. The summed E-state index contributed by atoms with van der Waals surface area (Å²) < 4.78 is 27.9. The summed E-state index contributed by atoms with van der Waals surface area (Å²) in [6, 6.07) is 4.88. The molecule has 0 heterocycles. The maximum Gasteiger partial charge on any atom is 0.306 e. The van der Waals surface area contributed by atoms with E-state index in [9.17, 15) is 13.2 Å². The first-order valence-corrected chi connectivity index (χ1v) is 9.91. The lowest BCUT2D eigenvalue weighted by Gasteiger charge is -2.26. The van der Waals surface area contributed by atoms with Crippen molar-refractivity contribution in [3.8, 4) is 0 Å². The van der Waals surface area contributed by atoms with Gasteiger partial charge < -0.3 is 10.4 Å². The van der Waals surface area contributed by atoms with E-state index in [0.717, 1.165) is 24.2 Å². The highest BCUT2D eigenvalue weighted by Gasteiger charge is 2.29. The topological polar surface area (TPSA) is 95.5 Å². The maximum absolute atomic E-state index is 12.6. The first kappa shape index (κ1) is 18.7. The summed E-state index contributed by atoms with van der Waals surface area (Å²) in [4.78, 5) is 11.2. The number of carbonyl (C=O) groups is 1. The molecule has 7 heteroatoms. The molecule has 0 aliphatic heterocycles. The third-order valence-corrected chi connectivity index (χ3v) is 6.00. The molecule has 2 rings (SSSR count). The molecule has 24 heavy (non-hydrogen) atoms. The van der Waals surface area contributed by atoms with Crippen LogP contribution in [0, 0.1) is 12.8 Å². The molecule has 0 aromatic heterocycles. The lowest BCUT2D eigenvalue weighted by Crippen LogP contribution is -2.38. The van der Waals surface area contributed by atoms with Gasteiger partial charge in [-0.3, -0.25) is 4.79 Å². The van der Waals surface area contributed by atoms with Crippen LogP contribution in [0.15, 0.2) is 23.1 Å². The molecule has 0 bridgehead atoms. The Morgan fingerprint density at radius 2 is 1.92 bits per heavy atom. The fourth-order valence-electron chi connectivity index (χ4n) is 2.96. The molecule has 3 N–H and O–H groups in total. The van der Waals surface area contributed by atoms with E-state index in [0.29, 0.717) is 25.7 Å². The molecule has 1 saturated carbocycles. The summed E-state index contributed by atoms with van der Waals surface area (Å²) in [7, 11) is -3.60. The molecule has 1 aromatic carbocycles. The van der Waals surface area contributed by atoms with E-state index in [1.54, 1.807) is 18.2 Å². The van der Waals surface area contributed by atoms with Crippen molar-refractivity contribution in [1.29, 1.82) is 0 Å². The molecule has 1 fully saturated rings. The molecule has 0 spiro atoms. The van der Waals surface area contributed by atoms with E-state index in [-0.39, 0.29) is 16.9 Å². The van der Waals surface area contributed by atoms with E-state index >= 15 is 0 Å². The first-order chi connectivity index (χ1) is 11.3. The first-order valence-electron chi connectivity index (χ1n) is 8.43. The summed E-state index contributed by atoms with van der Waals surface area (Å²) in [5, 5.41) is 12.3. The molecule has 6 nitrogen and oxygen atoms in total. The third-order valence-electron chi connectivity index (χ3n) is 4.48. The maximum atomic E-state index is 12.6. The van der Waals surface area contributed by atoms with Crippen LogP contribution in [0.5, 0.6) is 0 Å². The number of aryl methyl sites for hydroxylation is 1. The van der Waals surface area contributed by atoms with E-state index in [4.69, 9.17) is 5.11 Å². The zero-order chi connectivity index (χ0) is 17.7. The van der Waals surface area contributed by atoms with Gasteiger partial charge in [-0.1, -0.05) is 13.0 Å². The van der Waals surface area contributed by atoms with Gasteiger partial charge in [-0.15, -0.1) is 0 Å². The van der Waals surface area contributed by atoms with Gasteiger partial charge in [-0.2, -0.15) is 0 Å². The Hall–Kier alpha value is -1.60. The van der Waals surface area contributed by atoms with Crippen LogP contribution in [0.1, 0.15) is 44.6 Å². The standard InChI is InChI=1S/C17H26N2O4S/c1-3-10-18-16-11-15(9-4-12(16)2)24(22,23)19-14-7-5-13(6-8-14)17(20)21/h4,9,11,13-14,18-19H,3,5-8,10H2,1-2H3,(H,20,21). The van der Waals surface area contributed by atoms with Gasteiger partial charge >= 0.3 is 5.97 Å². The molecule has 0 amide bonds. The number of hydrogen-bond acceptors (Lipinski definition) is 4. The fraction of sp³-hybridized carbons (Fsp3) is 0.588. The van der Waals surface area contributed by atoms with Crippen molar-refractivity contribution in [3.63, 3.8) is 0 Å². The quantitative estimate of drug-likeness (QED) is 0.700. The van der Waals surface area contributed by atoms with E-state index in [1.165, 1.54) is 0 Å². The Kier molecular flexibility index (Phi) is 6.23. The third kappa shape index (κ3) is 4.70. The predicted octanol–water partition coefficient (Wildman–Crippen LogP) is 2.74. The highest BCUT2D eigenvalue weighted by molar-refractivity contribution is 7.89. The van der Waals surface area contributed by atoms with Crippen molar-refractivity contribution in [1.82, 2.24) is 4.72 Å². The predicted molar refractivity (Wildman–Crippen MR) is 93.7 cm³/mol. The van der Waals surface area contributed by atoms with Crippen LogP contribution in [0.4, 0.5) is 5.69 Å². The highest BCUT2D eigenvalue weighted by atomic mass is 32.2. The number of sulfonamides is 1. The van der Waals surface area contributed by atoms with Gasteiger partial charge in [-0.05, 0) is 56.7 Å². The van der Waals surface area contributed by atoms with Crippen LogP contribution < -0.4 is 10.0 Å². The number of aliphatic carboxylic acids is 1. The van der Waals surface area contributed by atoms with E-state index in [1.807, 2.05) is 6.92 Å². The van der Waals surface area contributed by atoms with E-state index in [2.05, 4.69) is 17.0 Å². The average molecular weight is 354 g/mol. The van der Waals surface area contributed by atoms with Crippen molar-refractivity contribution in [2.75, 3.05) is 11.9 Å². The van der Waals surface area contributed by atoms with Gasteiger partial charge in [0.1, 0.15) is 0 Å². The second-order valence-electron chi connectivity index (χ2n) is 6.41. The monoisotopic (exact) mass is 354 g/mol. The molecule has 1 aliphatic carbocycles.